The molecule has 1 aromatic carbocycles. The van der Waals surface area contributed by atoms with Crippen molar-refractivity contribution in [1.82, 2.24) is 0 Å². The highest BCUT2D eigenvalue weighted by Crippen LogP contribution is 2.08. The average molecular weight is 199 g/mol. The van der Waals surface area contributed by atoms with Crippen molar-refractivity contribution in [2.24, 2.45) is 10.9 Å². The van der Waals surface area contributed by atoms with E-state index in [-0.39, 0.29) is 0 Å². The SMILES string of the molecule is CC1=C\CC(C)/C=c2/cc(C)cc/c2=N/1. The van der Waals surface area contributed by atoms with E-state index in [0.29, 0.717) is 5.92 Å². The van der Waals surface area contributed by atoms with Crippen LogP contribution in [0.3, 0.4) is 0 Å². The van der Waals surface area contributed by atoms with Gasteiger partial charge in [-0.15, -0.1) is 0 Å². The first-order chi connectivity index (χ1) is 7.15. The van der Waals surface area contributed by atoms with Crippen LogP contribution in [-0.4, -0.2) is 0 Å². The van der Waals surface area contributed by atoms with E-state index in [1.54, 1.807) is 0 Å². The summed E-state index contributed by atoms with van der Waals surface area (Å²) in [6, 6.07) is 6.44. The van der Waals surface area contributed by atoms with Crippen LogP contribution in [0.4, 0.5) is 0 Å². The van der Waals surface area contributed by atoms with E-state index in [4.69, 9.17) is 0 Å². The van der Waals surface area contributed by atoms with Crippen LogP contribution in [0.1, 0.15) is 25.8 Å². The van der Waals surface area contributed by atoms with Gasteiger partial charge in [-0.1, -0.05) is 36.8 Å². The summed E-state index contributed by atoms with van der Waals surface area (Å²) in [5.74, 6) is 0.594. The molecule has 1 aromatic rings. The van der Waals surface area contributed by atoms with Gasteiger partial charge in [0.05, 0.1) is 5.36 Å². The molecule has 0 spiro atoms. The molecular weight excluding hydrogens is 182 g/mol. The van der Waals surface area contributed by atoms with Crippen molar-refractivity contribution in [2.45, 2.75) is 27.2 Å². The van der Waals surface area contributed by atoms with Gasteiger partial charge >= 0.3 is 0 Å². The molecule has 0 N–H and O–H groups in total. The second kappa shape index (κ2) is 4.01. The Hall–Kier alpha value is -1.37. The summed E-state index contributed by atoms with van der Waals surface area (Å²) in [6.45, 7) is 6.45. The van der Waals surface area contributed by atoms with Crippen molar-refractivity contribution in [3.63, 3.8) is 0 Å². The van der Waals surface area contributed by atoms with Crippen molar-refractivity contribution in [1.29, 1.82) is 0 Å². The van der Waals surface area contributed by atoms with Crippen LogP contribution >= 0.6 is 0 Å². The van der Waals surface area contributed by atoms with Gasteiger partial charge in [-0.2, -0.15) is 0 Å². The molecule has 0 saturated heterocycles. The summed E-state index contributed by atoms with van der Waals surface area (Å²) in [4.78, 5) is 4.60. The highest BCUT2D eigenvalue weighted by Gasteiger charge is 2.00. The van der Waals surface area contributed by atoms with E-state index in [0.717, 1.165) is 17.5 Å². The lowest BCUT2D eigenvalue weighted by Gasteiger charge is -2.06. The van der Waals surface area contributed by atoms with Crippen LogP contribution in [0.5, 0.6) is 0 Å². The highest BCUT2D eigenvalue weighted by atomic mass is 14.7. The Morgan fingerprint density at radius 3 is 2.87 bits per heavy atom. The van der Waals surface area contributed by atoms with Crippen LogP contribution in [0.15, 0.2) is 35.0 Å². The molecule has 1 aliphatic rings. The first kappa shape index (κ1) is 10.2. The van der Waals surface area contributed by atoms with Gasteiger partial charge in [0.2, 0.25) is 0 Å². The number of rotatable bonds is 0. The molecule has 1 heterocycles. The molecule has 1 heteroatoms. The largest absolute Gasteiger partial charge is 0.253 e. The van der Waals surface area contributed by atoms with E-state index in [9.17, 15) is 0 Å². The monoisotopic (exact) mass is 199 g/mol. The van der Waals surface area contributed by atoms with Gasteiger partial charge in [-0.25, -0.2) is 0 Å². The molecular formula is C14H17N. The maximum atomic E-state index is 4.60. The molecule has 0 fully saturated rings. The minimum Gasteiger partial charge on any atom is -0.253 e. The number of aryl methyl sites for hydroxylation is 1. The second-order valence-electron chi connectivity index (χ2n) is 4.40. The lowest BCUT2D eigenvalue weighted by Crippen LogP contribution is -2.26. The second-order valence-corrected chi connectivity index (χ2v) is 4.40. The summed E-state index contributed by atoms with van der Waals surface area (Å²) in [6.07, 6.45) is 5.61. The molecule has 15 heavy (non-hydrogen) atoms. The van der Waals surface area contributed by atoms with Crippen molar-refractivity contribution in [2.75, 3.05) is 0 Å². The molecule has 0 radical (unpaired) electrons. The number of hydrogen-bond donors (Lipinski definition) is 0. The van der Waals surface area contributed by atoms with Crippen LogP contribution in [0, 0.1) is 12.8 Å². The number of fused-ring (bicyclic) bond motifs is 1. The topological polar surface area (TPSA) is 12.4 Å². The molecule has 0 bridgehead atoms. The lowest BCUT2D eigenvalue weighted by atomic mass is 10.0. The van der Waals surface area contributed by atoms with Gasteiger partial charge in [-0.05, 0) is 37.5 Å². The van der Waals surface area contributed by atoms with Gasteiger partial charge in [0, 0.05) is 5.70 Å². The lowest BCUT2D eigenvalue weighted by molar-refractivity contribution is 0.774. The van der Waals surface area contributed by atoms with Crippen molar-refractivity contribution in [3.05, 3.63) is 46.1 Å². The Balaban J connectivity index is 2.74. The van der Waals surface area contributed by atoms with E-state index >= 15 is 0 Å². The summed E-state index contributed by atoms with van der Waals surface area (Å²) in [5.41, 5.74) is 2.43. The molecule has 0 saturated carbocycles. The Labute approximate surface area is 90.9 Å². The molecule has 1 unspecified atom stereocenters. The van der Waals surface area contributed by atoms with Crippen molar-refractivity contribution >= 4 is 6.08 Å². The standard InChI is InChI=1S/C14H17N/c1-10-4-6-12(3)15-14-7-5-11(2)9-13(14)8-10/h5-10H,4H2,1-3H3/b12-6-,13-8-,15-14-. The Morgan fingerprint density at radius 2 is 2.07 bits per heavy atom. The first-order valence-corrected chi connectivity index (χ1v) is 5.49. The third kappa shape index (κ3) is 2.35. The van der Waals surface area contributed by atoms with Crippen LogP contribution in [0.25, 0.3) is 6.08 Å². The predicted molar refractivity (Wildman–Crippen MR) is 64.0 cm³/mol. The molecule has 1 aliphatic heterocycles. The zero-order chi connectivity index (χ0) is 10.8. The van der Waals surface area contributed by atoms with Crippen LogP contribution < -0.4 is 10.6 Å². The van der Waals surface area contributed by atoms with E-state index < -0.39 is 0 Å². The van der Waals surface area contributed by atoms with Gasteiger partial charge in [0.1, 0.15) is 0 Å². The predicted octanol–water partition coefficient (Wildman–Crippen LogP) is 2.34. The van der Waals surface area contributed by atoms with Crippen molar-refractivity contribution < 1.29 is 0 Å². The van der Waals surface area contributed by atoms with Gasteiger partial charge in [0.15, 0.2) is 0 Å². The third-order valence-electron chi connectivity index (χ3n) is 2.73. The Morgan fingerprint density at radius 1 is 1.27 bits per heavy atom. The summed E-state index contributed by atoms with van der Waals surface area (Å²) < 4.78 is 0. The minimum absolute atomic E-state index is 0.594. The number of allylic oxidation sites excluding steroid dienone is 2. The maximum Gasteiger partial charge on any atom is 0.0702 e. The fraction of sp³-hybridized carbons (Fsp3) is 0.357. The third-order valence-corrected chi connectivity index (χ3v) is 2.73. The van der Waals surface area contributed by atoms with Gasteiger partial charge in [-0.3, -0.25) is 4.99 Å². The summed E-state index contributed by atoms with van der Waals surface area (Å²) in [5, 5.41) is 2.37. The highest BCUT2D eigenvalue weighted by molar-refractivity contribution is 5.30. The molecule has 2 rings (SSSR count). The zero-order valence-electron chi connectivity index (χ0n) is 9.62. The number of benzene rings is 1. The smallest absolute Gasteiger partial charge is 0.0702 e. The number of hydrogen-bond acceptors (Lipinski definition) is 1. The quantitative estimate of drug-likeness (QED) is 0.608. The minimum atomic E-state index is 0.594. The average Bonchev–Trinajstić information content (AvgIpc) is 2.17. The van der Waals surface area contributed by atoms with E-state index in [1.165, 1.54) is 10.8 Å². The van der Waals surface area contributed by atoms with Crippen LogP contribution in [0.2, 0.25) is 0 Å². The number of nitrogens with zero attached hydrogens (tertiary/aromatic N) is 1. The van der Waals surface area contributed by atoms with Gasteiger partial charge < -0.3 is 0 Å². The Kier molecular flexibility index (Phi) is 2.72. The fourth-order valence-corrected chi connectivity index (χ4v) is 1.88. The van der Waals surface area contributed by atoms with Crippen molar-refractivity contribution in [3.8, 4) is 0 Å². The molecule has 78 valence electrons. The summed E-state index contributed by atoms with van der Waals surface area (Å²) >= 11 is 0. The molecule has 1 atom stereocenters. The molecule has 0 amide bonds. The van der Waals surface area contributed by atoms with Gasteiger partial charge in [0.25, 0.3) is 0 Å². The van der Waals surface area contributed by atoms with E-state index in [2.05, 4.69) is 56.1 Å². The maximum absolute atomic E-state index is 4.60. The van der Waals surface area contributed by atoms with E-state index in [1.807, 2.05) is 0 Å². The molecule has 0 aromatic heterocycles. The summed E-state index contributed by atoms with van der Waals surface area (Å²) in [7, 11) is 0. The first-order valence-electron chi connectivity index (χ1n) is 5.49. The Bertz CT molecular complexity index is 509. The zero-order valence-corrected chi connectivity index (χ0v) is 9.62. The molecule has 0 aliphatic carbocycles. The fourth-order valence-electron chi connectivity index (χ4n) is 1.88. The normalized spacial score (nSPS) is 28.2. The van der Waals surface area contributed by atoms with Crippen LogP contribution in [-0.2, 0) is 0 Å². The molecule has 1 nitrogen and oxygen atoms in total.